The molecule has 3 N–H and O–H groups in total. The van der Waals surface area contributed by atoms with Crippen LogP contribution in [0.3, 0.4) is 0 Å². The van der Waals surface area contributed by atoms with Gasteiger partial charge in [-0.2, -0.15) is 0 Å². The van der Waals surface area contributed by atoms with Crippen molar-refractivity contribution in [2.75, 3.05) is 13.7 Å². The van der Waals surface area contributed by atoms with Gasteiger partial charge in [-0.15, -0.1) is 6.58 Å². The number of benzene rings is 2. The molecule has 0 saturated carbocycles. The minimum Gasteiger partial charge on any atom is -0.480 e. The van der Waals surface area contributed by atoms with Gasteiger partial charge in [0, 0.05) is 13.0 Å². The number of alkyl carbamates (subject to hydrolysis) is 1. The first-order valence-corrected chi connectivity index (χ1v) is 10.7. The van der Waals surface area contributed by atoms with Crippen LogP contribution in [0.25, 0.3) is 11.1 Å². The van der Waals surface area contributed by atoms with E-state index in [4.69, 9.17) is 9.47 Å². The Hall–Kier alpha value is -3.65. The van der Waals surface area contributed by atoms with Crippen LogP contribution in [0.5, 0.6) is 0 Å². The number of rotatable bonds is 10. The summed E-state index contributed by atoms with van der Waals surface area (Å²) in [6.07, 6.45) is -0.0763. The summed E-state index contributed by atoms with van der Waals surface area (Å²) in [7, 11) is 1.39. The van der Waals surface area contributed by atoms with Crippen molar-refractivity contribution in [3.63, 3.8) is 0 Å². The second kappa shape index (κ2) is 10.8. The zero-order chi connectivity index (χ0) is 24.0. The van der Waals surface area contributed by atoms with Crippen molar-refractivity contribution in [1.29, 1.82) is 0 Å². The number of nitrogens with one attached hydrogen (secondary N) is 2. The fourth-order valence-corrected chi connectivity index (χ4v) is 3.95. The van der Waals surface area contributed by atoms with E-state index in [1.807, 2.05) is 48.5 Å². The molecule has 174 valence electrons. The smallest absolute Gasteiger partial charge is 0.407 e. The van der Waals surface area contributed by atoms with Crippen LogP contribution in [0.1, 0.15) is 30.4 Å². The Bertz CT molecular complexity index is 992. The molecule has 2 amide bonds. The van der Waals surface area contributed by atoms with E-state index in [1.54, 1.807) is 6.92 Å². The minimum absolute atomic E-state index is 0.0418. The van der Waals surface area contributed by atoms with E-state index in [0.717, 1.165) is 22.3 Å². The zero-order valence-corrected chi connectivity index (χ0v) is 18.6. The molecule has 3 unspecified atom stereocenters. The summed E-state index contributed by atoms with van der Waals surface area (Å²) < 4.78 is 10.7. The zero-order valence-electron chi connectivity index (χ0n) is 18.6. The van der Waals surface area contributed by atoms with Crippen molar-refractivity contribution in [2.24, 2.45) is 0 Å². The molecule has 0 radical (unpaired) electrons. The summed E-state index contributed by atoms with van der Waals surface area (Å²) in [5.74, 6) is -2.01. The molecule has 0 spiro atoms. The van der Waals surface area contributed by atoms with Gasteiger partial charge < -0.3 is 25.2 Å². The highest BCUT2D eigenvalue weighted by Gasteiger charge is 2.32. The number of amides is 2. The number of carbonyl (C=O) groups is 3. The van der Waals surface area contributed by atoms with Crippen LogP contribution in [-0.2, 0) is 19.1 Å². The van der Waals surface area contributed by atoms with Crippen molar-refractivity contribution in [3.8, 4) is 11.1 Å². The van der Waals surface area contributed by atoms with Gasteiger partial charge in [0.1, 0.15) is 18.7 Å². The van der Waals surface area contributed by atoms with Crippen LogP contribution in [-0.4, -0.2) is 55.0 Å². The monoisotopic (exact) mass is 452 g/mol. The van der Waals surface area contributed by atoms with Crippen molar-refractivity contribution in [1.82, 2.24) is 10.6 Å². The van der Waals surface area contributed by atoms with Crippen LogP contribution >= 0.6 is 0 Å². The molecule has 0 saturated heterocycles. The van der Waals surface area contributed by atoms with Gasteiger partial charge in [-0.05, 0) is 35.6 Å². The van der Waals surface area contributed by atoms with Gasteiger partial charge in [0.25, 0.3) is 0 Å². The third-order valence-corrected chi connectivity index (χ3v) is 5.76. The van der Waals surface area contributed by atoms with E-state index in [-0.39, 0.29) is 18.9 Å². The van der Waals surface area contributed by atoms with E-state index in [1.165, 1.54) is 13.2 Å². The van der Waals surface area contributed by atoms with E-state index in [2.05, 4.69) is 17.2 Å². The summed E-state index contributed by atoms with van der Waals surface area (Å²) in [5.41, 5.74) is 4.35. The van der Waals surface area contributed by atoms with Gasteiger partial charge in [-0.25, -0.2) is 9.59 Å². The molecule has 0 heterocycles. The number of aliphatic carboxylic acids is 1. The number of ether oxygens (including phenoxy) is 2. The lowest BCUT2D eigenvalue weighted by Crippen LogP contribution is -2.56. The highest BCUT2D eigenvalue weighted by Crippen LogP contribution is 2.44. The molecule has 1 aliphatic rings. The molecule has 0 bridgehead atoms. The summed E-state index contributed by atoms with van der Waals surface area (Å²) in [6.45, 7) is 5.18. The van der Waals surface area contributed by atoms with Gasteiger partial charge in [0.15, 0.2) is 0 Å². The number of fused-ring (bicyclic) bond motifs is 3. The lowest BCUT2D eigenvalue weighted by Gasteiger charge is -2.25. The summed E-state index contributed by atoms with van der Waals surface area (Å²) in [6, 6.07) is 13.6. The molecule has 3 atom stereocenters. The average molecular weight is 453 g/mol. The average Bonchev–Trinajstić information content (AvgIpc) is 3.14. The van der Waals surface area contributed by atoms with Crippen molar-refractivity contribution >= 4 is 18.0 Å². The SMILES string of the molecule is C=CCC(NC(=O)C(NC(=O)OCC1c2ccccc2-c2ccccc21)C(C)OC)C(=O)O. The number of carboxylic acid groups (broad SMARTS) is 1. The van der Waals surface area contributed by atoms with Gasteiger partial charge in [0.2, 0.25) is 5.91 Å². The van der Waals surface area contributed by atoms with Crippen LogP contribution in [0, 0.1) is 0 Å². The Morgan fingerprint density at radius 2 is 1.64 bits per heavy atom. The Labute approximate surface area is 192 Å². The topological polar surface area (TPSA) is 114 Å². The lowest BCUT2D eigenvalue weighted by atomic mass is 9.98. The minimum atomic E-state index is -1.20. The normalized spacial score (nSPS) is 14.8. The standard InChI is InChI=1S/C25H28N2O6/c1-4-9-21(24(29)30)26-23(28)22(15(2)32-3)27-25(31)33-14-20-18-12-7-5-10-16(18)17-11-6-8-13-19(17)20/h4-8,10-13,15,20-22H,1,9,14H2,2-3H3,(H,26,28)(H,27,31)(H,29,30). The molecule has 33 heavy (non-hydrogen) atoms. The molecule has 1 aliphatic carbocycles. The predicted molar refractivity (Wildman–Crippen MR) is 123 cm³/mol. The van der Waals surface area contributed by atoms with Crippen molar-refractivity contribution in [3.05, 3.63) is 72.3 Å². The van der Waals surface area contributed by atoms with E-state index in [9.17, 15) is 19.5 Å². The maximum Gasteiger partial charge on any atom is 0.407 e. The summed E-state index contributed by atoms with van der Waals surface area (Å²) in [4.78, 5) is 36.7. The number of methoxy groups -OCH3 is 1. The molecule has 2 aromatic carbocycles. The number of hydrogen-bond donors (Lipinski definition) is 3. The largest absolute Gasteiger partial charge is 0.480 e. The highest BCUT2D eigenvalue weighted by atomic mass is 16.5. The second-order valence-corrected chi connectivity index (χ2v) is 7.81. The molecule has 2 aromatic rings. The van der Waals surface area contributed by atoms with Gasteiger partial charge >= 0.3 is 12.1 Å². The number of hydrogen-bond acceptors (Lipinski definition) is 5. The fourth-order valence-electron chi connectivity index (χ4n) is 3.95. The third kappa shape index (κ3) is 5.40. The molecule has 3 rings (SSSR count). The molecule has 0 fully saturated rings. The molecular formula is C25H28N2O6. The Morgan fingerprint density at radius 3 is 2.15 bits per heavy atom. The van der Waals surface area contributed by atoms with E-state index in [0.29, 0.717) is 0 Å². The fraction of sp³-hybridized carbons (Fsp3) is 0.320. The van der Waals surface area contributed by atoms with Crippen molar-refractivity contribution < 1.29 is 29.0 Å². The van der Waals surface area contributed by atoms with Crippen LogP contribution in [0.4, 0.5) is 4.79 Å². The third-order valence-electron chi connectivity index (χ3n) is 5.76. The Kier molecular flexibility index (Phi) is 7.84. The molecule has 0 aromatic heterocycles. The van der Waals surface area contributed by atoms with E-state index < -0.39 is 36.2 Å². The maximum absolute atomic E-state index is 12.7. The molecule has 8 nitrogen and oxygen atoms in total. The quantitative estimate of drug-likeness (QED) is 0.478. The van der Waals surface area contributed by atoms with Crippen molar-refractivity contribution in [2.45, 2.75) is 37.5 Å². The Balaban J connectivity index is 1.68. The van der Waals surface area contributed by atoms with Gasteiger partial charge in [-0.3, -0.25) is 4.79 Å². The van der Waals surface area contributed by atoms with Gasteiger partial charge in [0.05, 0.1) is 6.10 Å². The maximum atomic E-state index is 12.7. The second-order valence-electron chi connectivity index (χ2n) is 7.81. The first-order valence-electron chi connectivity index (χ1n) is 10.7. The van der Waals surface area contributed by atoms with Crippen LogP contribution < -0.4 is 10.6 Å². The van der Waals surface area contributed by atoms with Crippen LogP contribution in [0.2, 0.25) is 0 Å². The summed E-state index contributed by atoms with van der Waals surface area (Å²) >= 11 is 0. The molecule has 8 heteroatoms. The number of carboxylic acids is 1. The predicted octanol–water partition coefficient (Wildman–Crippen LogP) is 3.07. The first kappa shape index (κ1) is 24.0. The Morgan fingerprint density at radius 1 is 1.06 bits per heavy atom. The first-order chi connectivity index (χ1) is 15.9. The highest BCUT2D eigenvalue weighted by molar-refractivity contribution is 5.89. The van der Waals surface area contributed by atoms with Gasteiger partial charge in [-0.1, -0.05) is 54.6 Å². The molecule has 0 aliphatic heterocycles. The lowest BCUT2D eigenvalue weighted by molar-refractivity contribution is -0.142. The van der Waals surface area contributed by atoms with Crippen LogP contribution in [0.15, 0.2) is 61.2 Å². The number of carbonyl (C=O) groups excluding carboxylic acids is 2. The summed E-state index contributed by atoms with van der Waals surface area (Å²) in [5, 5.41) is 14.2. The van der Waals surface area contributed by atoms with E-state index >= 15 is 0 Å². The molecular weight excluding hydrogens is 424 g/mol.